The standard InChI is InChI=1S/C23H19N7O/c1-16(2)30-15-26-29-22(30)19-9-6-13-24-21(19)20-11-10-18(27-28-20)12-14-25-23(31)17-7-4-3-5-8-17/h3-11,13,15-16H,1-2H3,(H,25,31). The summed E-state index contributed by atoms with van der Waals surface area (Å²) in [5, 5.41) is 19.2. The van der Waals surface area contributed by atoms with E-state index in [9.17, 15) is 4.79 Å². The monoisotopic (exact) mass is 409 g/mol. The summed E-state index contributed by atoms with van der Waals surface area (Å²) in [4.78, 5) is 16.5. The van der Waals surface area contributed by atoms with Gasteiger partial charge in [0.15, 0.2) is 5.82 Å². The molecule has 0 aliphatic rings. The van der Waals surface area contributed by atoms with E-state index in [0.29, 0.717) is 28.5 Å². The normalized spacial score (nSPS) is 10.4. The third-order valence-corrected chi connectivity index (χ3v) is 4.49. The van der Waals surface area contributed by atoms with Gasteiger partial charge in [-0.1, -0.05) is 18.2 Å². The number of pyridine rings is 1. The van der Waals surface area contributed by atoms with Gasteiger partial charge in [0.25, 0.3) is 5.91 Å². The molecule has 4 rings (SSSR count). The molecule has 8 nitrogen and oxygen atoms in total. The number of hydrogen-bond acceptors (Lipinski definition) is 6. The first kappa shape index (κ1) is 19.9. The maximum Gasteiger partial charge on any atom is 0.262 e. The van der Waals surface area contributed by atoms with E-state index in [2.05, 4.69) is 56.5 Å². The average Bonchev–Trinajstić information content (AvgIpc) is 3.30. The van der Waals surface area contributed by atoms with E-state index in [1.807, 2.05) is 22.8 Å². The number of benzene rings is 1. The Morgan fingerprint density at radius 1 is 1.00 bits per heavy atom. The van der Waals surface area contributed by atoms with Gasteiger partial charge in [0.2, 0.25) is 0 Å². The summed E-state index contributed by atoms with van der Waals surface area (Å²) in [6.45, 7) is 4.12. The highest BCUT2D eigenvalue weighted by Gasteiger charge is 2.16. The Balaban J connectivity index is 1.55. The van der Waals surface area contributed by atoms with Gasteiger partial charge in [-0.3, -0.25) is 15.1 Å². The van der Waals surface area contributed by atoms with E-state index >= 15 is 0 Å². The summed E-state index contributed by atoms with van der Waals surface area (Å²) >= 11 is 0. The molecule has 0 fully saturated rings. The molecule has 3 aromatic heterocycles. The number of rotatable bonds is 4. The summed E-state index contributed by atoms with van der Waals surface area (Å²) < 4.78 is 1.98. The van der Waals surface area contributed by atoms with Gasteiger partial charge < -0.3 is 4.57 Å². The lowest BCUT2D eigenvalue weighted by molar-refractivity contribution is 0.0973. The molecule has 31 heavy (non-hydrogen) atoms. The second-order valence-electron chi connectivity index (χ2n) is 6.93. The number of aromatic nitrogens is 6. The molecular weight excluding hydrogens is 390 g/mol. The van der Waals surface area contributed by atoms with Gasteiger partial charge in [-0.05, 0) is 56.2 Å². The molecule has 0 aliphatic heterocycles. The van der Waals surface area contributed by atoms with Crippen LogP contribution in [0.3, 0.4) is 0 Å². The Kier molecular flexibility index (Phi) is 5.76. The minimum atomic E-state index is -0.273. The van der Waals surface area contributed by atoms with E-state index in [1.54, 1.807) is 48.9 Å². The first-order chi connectivity index (χ1) is 15.1. The minimum absolute atomic E-state index is 0.202. The molecule has 0 spiro atoms. The lowest BCUT2D eigenvalue weighted by atomic mass is 10.1. The van der Waals surface area contributed by atoms with E-state index < -0.39 is 0 Å². The zero-order valence-electron chi connectivity index (χ0n) is 17.0. The molecule has 1 N–H and O–H groups in total. The van der Waals surface area contributed by atoms with Crippen LogP contribution in [0.4, 0.5) is 0 Å². The van der Waals surface area contributed by atoms with Crippen LogP contribution in [0.5, 0.6) is 0 Å². The predicted octanol–water partition coefficient (Wildman–Crippen LogP) is 3.12. The van der Waals surface area contributed by atoms with Crippen LogP contribution in [-0.2, 0) is 0 Å². The number of hydrogen-bond donors (Lipinski definition) is 1. The van der Waals surface area contributed by atoms with Crippen LogP contribution in [0.25, 0.3) is 22.8 Å². The zero-order valence-corrected chi connectivity index (χ0v) is 17.0. The van der Waals surface area contributed by atoms with Gasteiger partial charge in [-0.25, -0.2) is 0 Å². The van der Waals surface area contributed by atoms with Crippen molar-refractivity contribution in [3.8, 4) is 34.7 Å². The number of nitrogens with one attached hydrogen (secondary N) is 1. The maximum atomic E-state index is 12.0. The fourth-order valence-corrected chi connectivity index (χ4v) is 2.94. The second-order valence-corrected chi connectivity index (χ2v) is 6.93. The number of amides is 1. The van der Waals surface area contributed by atoms with Crippen LogP contribution in [0, 0.1) is 12.0 Å². The van der Waals surface area contributed by atoms with Crippen LogP contribution in [0.2, 0.25) is 0 Å². The molecule has 1 amide bonds. The van der Waals surface area contributed by atoms with E-state index in [4.69, 9.17) is 0 Å². The number of carbonyl (C=O) groups is 1. The molecule has 0 saturated carbocycles. The van der Waals surface area contributed by atoms with Gasteiger partial charge in [-0.15, -0.1) is 20.4 Å². The third kappa shape index (κ3) is 4.46. The lowest BCUT2D eigenvalue weighted by Gasteiger charge is -2.12. The Morgan fingerprint density at radius 3 is 2.58 bits per heavy atom. The van der Waals surface area contributed by atoms with Crippen molar-refractivity contribution in [2.75, 3.05) is 0 Å². The van der Waals surface area contributed by atoms with Crippen LogP contribution < -0.4 is 5.32 Å². The lowest BCUT2D eigenvalue weighted by Crippen LogP contribution is -2.17. The smallest absolute Gasteiger partial charge is 0.262 e. The molecule has 0 aliphatic carbocycles. The highest BCUT2D eigenvalue weighted by Crippen LogP contribution is 2.28. The third-order valence-electron chi connectivity index (χ3n) is 4.49. The molecule has 152 valence electrons. The van der Waals surface area contributed by atoms with E-state index in [-0.39, 0.29) is 11.9 Å². The molecular formula is C23H19N7O. The summed E-state index contributed by atoms with van der Waals surface area (Å²) in [7, 11) is 0. The van der Waals surface area contributed by atoms with Gasteiger partial charge in [-0.2, -0.15) is 0 Å². The molecule has 0 unspecified atom stereocenters. The number of carbonyl (C=O) groups excluding carboxylic acids is 1. The van der Waals surface area contributed by atoms with Crippen LogP contribution >= 0.6 is 0 Å². The second kappa shape index (κ2) is 8.97. The molecule has 1 aromatic carbocycles. The highest BCUT2D eigenvalue weighted by atomic mass is 16.1. The summed E-state index contributed by atoms with van der Waals surface area (Å²) in [6.07, 6.45) is 3.40. The average molecular weight is 409 g/mol. The van der Waals surface area contributed by atoms with Gasteiger partial charge >= 0.3 is 0 Å². The van der Waals surface area contributed by atoms with Crippen LogP contribution in [0.1, 0.15) is 35.9 Å². The Hall–Kier alpha value is -4.38. The topological polar surface area (TPSA) is 98.5 Å². The molecule has 0 bridgehead atoms. The van der Waals surface area contributed by atoms with E-state index in [1.165, 1.54) is 0 Å². The summed E-state index contributed by atoms with van der Waals surface area (Å²) in [5.41, 5.74) is 3.03. The summed E-state index contributed by atoms with van der Waals surface area (Å²) in [5.74, 6) is 3.23. The Labute approximate surface area is 179 Å². The Morgan fingerprint density at radius 2 is 1.84 bits per heavy atom. The maximum absolute atomic E-state index is 12.0. The van der Waals surface area contributed by atoms with Crippen molar-refractivity contribution < 1.29 is 4.79 Å². The number of nitrogens with zero attached hydrogens (tertiary/aromatic N) is 6. The first-order valence-electron chi connectivity index (χ1n) is 9.69. The van der Waals surface area contributed by atoms with E-state index in [0.717, 1.165) is 5.56 Å². The molecule has 4 aromatic rings. The van der Waals surface area contributed by atoms with Crippen LogP contribution in [-0.4, -0.2) is 35.9 Å². The van der Waals surface area contributed by atoms with Gasteiger partial charge in [0.1, 0.15) is 23.4 Å². The summed E-state index contributed by atoms with van der Waals surface area (Å²) in [6, 6.07) is 19.0. The largest absolute Gasteiger partial charge is 0.311 e. The van der Waals surface area contributed by atoms with Crippen molar-refractivity contribution in [3.05, 3.63) is 78.4 Å². The predicted molar refractivity (Wildman–Crippen MR) is 115 cm³/mol. The van der Waals surface area contributed by atoms with Crippen molar-refractivity contribution in [2.24, 2.45) is 0 Å². The van der Waals surface area contributed by atoms with Gasteiger partial charge in [0, 0.05) is 29.4 Å². The SMILES string of the molecule is CC(C)n1cnnc1-c1cccnc1-c1ccc(C#CNC(=O)c2ccccc2)nn1. The molecule has 3 heterocycles. The zero-order chi connectivity index (χ0) is 21.6. The highest BCUT2D eigenvalue weighted by molar-refractivity contribution is 5.95. The van der Waals surface area contributed by atoms with Crippen molar-refractivity contribution in [3.63, 3.8) is 0 Å². The van der Waals surface area contributed by atoms with Crippen molar-refractivity contribution >= 4 is 5.91 Å². The quantitative estimate of drug-likeness (QED) is 0.411. The van der Waals surface area contributed by atoms with Gasteiger partial charge in [0.05, 0.1) is 0 Å². The minimum Gasteiger partial charge on any atom is -0.311 e. The van der Waals surface area contributed by atoms with Crippen molar-refractivity contribution in [1.82, 2.24) is 35.3 Å². The molecule has 8 heteroatoms. The van der Waals surface area contributed by atoms with Crippen LogP contribution in [0.15, 0.2) is 67.1 Å². The Bertz CT molecular complexity index is 1250. The molecule has 0 saturated heterocycles. The first-order valence-corrected chi connectivity index (χ1v) is 9.69. The van der Waals surface area contributed by atoms with Crippen molar-refractivity contribution in [2.45, 2.75) is 19.9 Å². The fraction of sp³-hybridized carbons (Fsp3) is 0.130. The fourth-order valence-electron chi connectivity index (χ4n) is 2.94. The molecule has 0 radical (unpaired) electrons. The van der Waals surface area contributed by atoms with Crippen molar-refractivity contribution in [1.29, 1.82) is 0 Å². The molecule has 0 atom stereocenters.